The van der Waals surface area contributed by atoms with Gasteiger partial charge in [0.25, 0.3) is 10.0 Å². The summed E-state index contributed by atoms with van der Waals surface area (Å²) >= 11 is 0. The van der Waals surface area contributed by atoms with E-state index in [0.29, 0.717) is 0 Å². The fourth-order valence-corrected chi connectivity index (χ4v) is 1.69. The van der Waals surface area contributed by atoms with Gasteiger partial charge in [-0.15, -0.1) is 0 Å². The molecule has 0 aromatic heterocycles. The molecule has 0 radical (unpaired) electrons. The third kappa shape index (κ3) is 3.67. The van der Waals surface area contributed by atoms with Crippen LogP contribution in [0.25, 0.3) is 0 Å². The minimum absolute atomic E-state index is 0. The molecule has 0 bridgehead atoms. The van der Waals surface area contributed by atoms with Gasteiger partial charge in [0.15, 0.2) is 0 Å². The van der Waals surface area contributed by atoms with E-state index in [-0.39, 0.29) is 35.9 Å². The molecule has 7 heteroatoms. The van der Waals surface area contributed by atoms with E-state index >= 15 is 0 Å². The zero-order valence-electron chi connectivity index (χ0n) is 8.60. The maximum atomic E-state index is 11.2. The first-order chi connectivity index (χ1) is 6.02. The zero-order chi connectivity index (χ0) is 9.90. The van der Waals surface area contributed by atoms with Crippen molar-refractivity contribution in [3.05, 3.63) is 30.3 Å². The average molecular weight is 224 g/mol. The Morgan fingerprint density at radius 3 is 2.21 bits per heavy atom. The summed E-state index contributed by atoms with van der Waals surface area (Å²) in [5.74, 6) is 0. The van der Waals surface area contributed by atoms with E-state index in [2.05, 4.69) is 5.73 Å². The molecule has 1 aromatic carbocycles. The molecule has 5 nitrogen and oxygen atoms in total. The first kappa shape index (κ1) is 13.4. The Kier molecular flexibility index (Phi) is 5.14. The molecule has 0 aliphatic rings. The molecule has 0 saturated carbocycles. The van der Waals surface area contributed by atoms with Gasteiger partial charge in [0, 0.05) is 0 Å². The van der Waals surface area contributed by atoms with E-state index in [1.165, 1.54) is 12.1 Å². The standard InChI is InChI=1S/C7H8N2O3S.Na.H/c8-7(10)9-13(11,12)6-4-2-1-3-5-6;;/h1-5H,(H3,8,9,10);;/q;+1;-1. The number of urea groups is 1. The van der Waals surface area contributed by atoms with Crippen molar-refractivity contribution < 1.29 is 44.2 Å². The summed E-state index contributed by atoms with van der Waals surface area (Å²) in [6.45, 7) is 0. The molecule has 0 fully saturated rings. The first-order valence-electron chi connectivity index (χ1n) is 3.40. The van der Waals surface area contributed by atoms with Crippen LogP contribution in [0, 0.1) is 0 Å². The largest absolute Gasteiger partial charge is 1.00 e. The number of primary amides is 1. The second-order valence-electron chi connectivity index (χ2n) is 2.28. The maximum Gasteiger partial charge on any atom is 1.00 e. The van der Waals surface area contributed by atoms with Gasteiger partial charge in [0.2, 0.25) is 0 Å². The van der Waals surface area contributed by atoms with Crippen molar-refractivity contribution in [3.63, 3.8) is 0 Å². The van der Waals surface area contributed by atoms with E-state index in [0.717, 1.165) is 0 Å². The molecule has 3 N–H and O–H groups in total. The molecule has 0 spiro atoms. The van der Waals surface area contributed by atoms with Gasteiger partial charge in [0.05, 0.1) is 4.90 Å². The van der Waals surface area contributed by atoms with Gasteiger partial charge in [-0.3, -0.25) is 0 Å². The minimum Gasteiger partial charge on any atom is -1.00 e. The zero-order valence-corrected chi connectivity index (χ0v) is 10.4. The first-order valence-corrected chi connectivity index (χ1v) is 4.88. The minimum atomic E-state index is -3.78. The third-order valence-electron chi connectivity index (χ3n) is 1.29. The van der Waals surface area contributed by atoms with Crippen LogP contribution in [0.3, 0.4) is 0 Å². The Morgan fingerprint density at radius 1 is 1.29 bits per heavy atom. The molecule has 0 aliphatic carbocycles. The van der Waals surface area contributed by atoms with Crippen molar-refractivity contribution in [1.29, 1.82) is 0 Å². The number of nitrogens with one attached hydrogen (secondary N) is 1. The normalized spacial score (nSPS) is 10.0. The Hall–Kier alpha value is -0.560. The van der Waals surface area contributed by atoms with Crippen LogP contribution in [0.4, 0.5) is 4.79 Å². The van der Waals surface area contributed by atoms with Gasteiger partial charge in [-0.25, -0.2) is 17.9 Å². The maximum absolute atomic E-state index is 11.2. The van der Waals surface area contributed by atoms with Crippen LogP contribution >= 0.6 is 0 Å². The molecule has 0 saturated heterocycles. The molecule has 0 heterocycles. The van der Waals surface area contributed by atoms with E-state index < -0.39 is 16.1 Å². The second kappa shape index (κ2) is 5.35. The molecule has 0 atom stereocenters. The van der Waals surface area contributed by atoms with Gasteiger partial charge in [-0.1, -0.05) is 18.2 Å². The van der Waals surface area contributed by atoms with Gasteiger partial charge in [-0.2, -0.15) is 0 Å². The summed E-state index contributed by atoms with van der Waals surface area (Å²) in [4.78, 5) is 10.3. The number of sulfonamides is 1. The Bertz CT molecular complexity index is 410. The van der Waals surface area contributed by atoms with E-state index in [9.17, 15) is 13.2 Å². The Morgan fingerprint density at radius 2 is 1.79 bits per heavy atom. The fraction of sp³-hybridized carbons (Fsp3) is 0. The number of hydrogen-bond donors (Lipinski definition) is 2. The number of carbonyl (C=O) groups is 1. The van der Waals surface area contributed by atoms with E-state index in [1.54, 1.807) is 22.9 Å². The predicted molar refractivity (Wildman–Crippen MR) is 47.5 cm³/mol. The van der Waals surface area contributed by atoms with Crippen molar-refractivity contribution in [1.82, 2.24) is 4.72 Å². The molecular formula is C7H9N2NaO3S. The van der Waals surface area contributed by atoms with Gasteiger partial charge in [-0.05, 0) is 12.1 Å². The van der Waals surface area contributed by atoms with E-state index in [1.807, 2.05) is 0 Å². The summed E-state index contributed by atoms with van der Waals surface area (Å²) in [6.07, 6.45) is 0. The summed E-state index contributed by atoms with van der Waals surface area (Å²) in [7, 11) is -3.78. The van der Waals surface area contributed by atoms with Crippen molar-refractivity contribution in [2.75, 3.05) is 0 Å². The van der Waals surface area contributed by atoms with Gasteiger partial charge >= 0.3 is 35.6 Å². The monoisotopic (exact) mass is 224 g/mol. The summed E-state index contributed by atoms with van der Waals surface area (Å²) in [5, 5.41) is 0. The average Bonchev–Trinajstić information content (AvgIpc) is 2.04. The summed E-state index contributed by atoms with van der Waals surface area (Å²) < 4.78 is 24.1. The topological polar surface area (TPSA) is 89.3 Å². The number of amides is 2. The van der Waals surface area contributed by atoms with Crippen LogP contribution in [0.5, 0.6) is 0 Å². The van der Waals surface area contributed by atoms with Crippen LogP contribution in [0.2, 0.25) is 0 Å². The summed E-state index contributed by atoms with van der Waals surface area (Å²) in [5.41, 5.74) is 4.69. The van der Waals surface area contributed by atoms with Crippen LogP contribution in [0.15, 0.2) is 35.2 Å². The Balaban J connectivity index is 0. The van der Waals surface area contributed by atoms with Crippen molar-refractivity contribution in [2.45, 2.75) is 4.90 Å². The second-order valence-corrected chi connectivity index (χ2v) is 3.97. The Labute approximate surface area is 106 Å². The molecule has 0 aliphatic heterocycles. The molecule has 1 aromatic rings. The van der Waals surface area contributed by atoms with Gasteiger partial charge in [0.1, 0.15) is 0 Å². The quantitative estimate of drug-likeness (QED) is 0.530. The smallest absolute Gasteiger partial charge is 1.00 e. The molecule has 2 amide bonds. The van der Waals surface area contributed by atoms with Crippen LogP contribution in [-0.4, -0.2) is 14.4 Å². The van der Waals surface area contributed by atoms with Crippen LogP contribution in [0.1, 0.15) is 1.43 Å². The molecule has 72 valence electrons. The summed E-state index contributed by atoms with van der Waals surface area (Å²) in [6, 6.07) is 6.41. The van der Waals surface area contributed by atoms with E-state index in [4.69, 9.17) is 0 Å². The molecular weight excluding hydrogens is 215 g/mol. The number of benzene rings is 1. The molecule has 14 heavy (non-hydrogen) atoms. The molecule has 0 unspecified atom stereocenters. The van der Waals surface area contributed by atoms with Crippen molar-refractivity contribution >= 4 is 16.1 Å². The van der Waals surface area contributed by atoms with Crippen LogP contribution in [-0.2, 0) is 10.0 Å². The SMILES string of the molecule is NC(=O)NS(=O)(=O)c1ccccc1.[H-].[Na+]. The van der Waals surface area contributed by atoms with Gasteiger partial charge < -0.3 is 7.16 Å². The molecule has 1 rings (SSSR count). The van der Waals surface area contributed by atoms with Crippen molar-refractivity contribution in [3.8, 4) is 0 Å². The number of rotatable bonds is 2. The van der Waals surface area contributed by atoms with Crippen LogP contribution < -0.4 is 40.0 Å². The predicted octanol–water partition coefficient (Wildman–Crippen LogP) is -2.84. The number of carbonyl (C=O) groups excluding carboxylic acids is 1. The third-order valence-corrected chi connectivity index (χ3v) is 2.65. The number of nitrogens with two attached hydrogens (primary N) is 1. The number of hydrogen-bond acceptors (Lipinski definition) is 3. The van der Waals surface area contributed by atoms with Crippen molar-refractivity contribution in [2.24, 2.45) is 5.73 Å². The fourth-order valence-electron chi connectivity index (χ4n) is 0.791.